The van der Waals surface area contributed by atoms with Gasteiger partial charge in [-0.25, -0.2) is 4.98 Å². The molecule has 0 saturated heterocycles. The molecule has 0 saturated carbocycles. The average molecular weight is 450 g/mol. The maximum Gasteiger partial charge on any atom is 0.0945 e. The van der Waals surface area contributed by atoms with Gasteiger partial charge in [-0.15, -0.1) is 11.8 Å². The third-order valence-corrected chi connectivity index (χ3v) is 7.19. The summed E-state index contributed by atoms with van der Waals surface area (Å²) in [7, 11) is 0. The van der Waals surface area contributed by atoms with Crippen molar-refractivity contribution in [3.8, 4) is 0 Å². The van der Waals surface area contributed by atoms with Gasteiger partial charge in [0.2, 0.25) is 0 Å². The summed E-state index contributed by atoms with van der Waals surface area (Å²) in [4.78, 5) is 5.45. The van der Waals surface area contributed by atoms with Crippen molar-refractivity contribution in [2.75, 3.05) is 0 Å². The number of aromatic nitrogens is 2. The Balaban J connectivity index is 1.73. The van der Waals surface area contributed by atoms with E-state index in [-0.39, 0.29) is 4.75 Å². The molecule has 0 amide bonds. The Morgan fingerprint density at radius 1 is 1.12 bits per heavy atom. The highest BCUT2D eigenvalue weighted by atomic mass is 79.9. The van der Waals surface area contributed by atoms with Gasteiger partial charge >= 0.3 is 0 Å². The topological polar surface area (TPSA) is 17.8 Å². The lowest BCUT2D eigenvalue weighted by Gasteiger charge is -2.30. The van der Waals surface area contributed by atoms with Crippen LogP contribution >= 0.6 is 39.3 Å². The summed E-state index contributed by atoms with van der Waals surface area (Å²) in [6.45, 7) is 3.33. The minimum Gasteiger partial charge on any atom is -0.337 e. The molecular formula is C21H22BrClN2S. The van der Waals surface area contributed by atoms with E-state index >= 15 is 0 Å². The number of halogens is 2. The Kier molecular flexibility index (Phi) is 6.85. The summed E-state index contributed by atoms with van der Waals surface area (Å²) in [5, 5.41) is 0.791. The second-order valence-electron chi connectivity index (χ2n) is 6.66. The first kappa shape index (κ1) is 19.5. The van der Waals surface area contributed by atoms with E-state index in [1.807, 2.05) is 42.6 Å². The molecule has 1 heterocycles. The maximum absolute atomic E-state index is 6.02. The molecule has 1 unspecified atom stereocenters. The van der Waals surface area contributed by atoms with Gasteiger partial charge in [-0.2, -0.15) is 0 Å². The molecule has 0 aliphatic heterocycles. The van der Waals surface area contributed by atoms with Crippen molar-refractivity contribution in [2.24, 2.45) is 0 Å². The van der Waals surface area contributed by atoms with Crippen molar-refractivity contribution in [2.45, 2.75) is 42.4 Å². The number of hydrogen-bond acceptors (Lipinski definition) is 2. The number of rotatable bonds is 8. The molecule has 1 atom stereocenters. The van der Waals surface area contributed by atoms with Gasteiger partial charge in [0, 0.05) is 38.1 Å². The Morgan fingerprint density at radius 2 is 1.88 bits per heavy atom. The first-order valence-corrected chi connectivity index (χ1v) is 10.7. The van der Waals surface area contributed by atoms with Crippen LogP contribution in [0.3, 0.4) is 0 Å². The maximum atomic E-state index is 6.02. The number of hydrogen-bond donors (Lipinski definition) is 0. The van der Waals surface area contributed by atoms with Crippen LogP contribution in [0.2, 0.25) is 5.02 Å². The summed E-state index contributed by atoms with van der Waals surface area (Å²) in [5.41, 5.74) is 1.33. The van der Waals surface area contributed by atoms with E-state index in [1.165, 1.54) is 10.5 Å². The SMILES string of the molecule is CC(CCc1ccc(Cl)cc1)(CCn1ccnc1)Sc1ccccc1Br. The number of aryl methyl sites for hydroxylation is 2. The third-order valence-electron chi connectivity index (χ3n) is 4.51. The van der Waals surface area contributed by atoms with E-state index in [9.17, 15) is 0 Å². The average Bonchev–Trinajstić information content (AvgIpc) is 3.16. The fraction of sp³-hybridized carbons (Fsp3) is 0.286. The van der Waals surface area contributed by atoms with Gasteiger partial charge in [-0.3, -0.25) is 0 Å². The van der Waals surface area contributed by atoms with E-state index < -0.39 is 0 Å². The minimum atomic E-state index is 0.119. The fourth-order valence-corrected chi connectivity index (χ4v) is 4.76. The standard InChI is InChI=1S/C21H22BrClN2S/c1-21(12-14-25-15-13-24-16-25,26-20-5-3-2-4-19(20)22)11-10-17-6-8-18(23)9-7-17/h2-9,13,15-16H,10-12,14H2,1H3. The lowest BCUT2D eigenvalue weighted by molar-refractivity contribution is 0.492. The van der Waals surface area contributed by atoms with Crippen molar-refractivity contribution < 1.29 is 0 Å². The molecule has 1 aromatic heterocycles. The summed E-state index contributed by atoms with van der Waals surface area (Å²) in [6.07, 6.45) is 8.96. The van der Waals surface area contributed by atoms with Crippen LogP contribution in [-0.4, -0.2) is 14.3 Å². The second kappa shape index (κ2) is 9.12. The van der Waals surface area contributed by atoms with Crippen molar-refractivity contribution in [1.29, 1.82) is 0 Å². The van der Waals surface area contributed by atoms with E-state index in [0.29, 0.717) is 0 Å². The Labute approximate surface area is 173 Å². The van der Waals surface area contributed by atoms with Crippen LogP contribution in [0.4, 0.5) is 0 Å². The smallest absolute Gasteiger partial charge is 0.0945 e. The molecule has 0 spiro atoms. The van der Waals surface area contributed by atoms with Gasteiger partial charge in [-0.05, 0) is 65.0 Å². The van der Waals surface area contributed by atoms with Crippen molar-refractivity contribution in [3.63, 3.8) is 0 Å². The van der Waals surface area contributed by atoms with Crippen LogP contribution in [0.1, 0.15) is 25.3 Å². The summed E-state index contributed by atoms with van der Waals surface area (Å²) in [5.74, 6) is 0. The molecule has 0 bridgehead atoms. The molecule has 2 nitrogen and oxygen atoms in total. The molecule has 26 heavy (non-hydrogen) atoms. The van der Waals surface area contributed by atoms with E-state index in [2.05, 4.69) is 68.8 Å². The number of benzene rings is 2. The molecule has 0 radical (unpaired) electrons. The van der Waals surface area contributed by atoms with Crippen LogP contribution in [0.15, 0.2) is 76.6 Å². The van der Waals surface area contributed by atoms with Crippen LogP contribution in [0.5, 0.6) is 0 Å². The summed E-state index contributed by atoms with van der Waals surface area (Å²) < 4.78 is 3.43. The van der Waals surface area contributed by atoms with Gasteiger partial charge in [0.15, 0.2) is 0 Å². The van der Waals surface area contributed by atoms with Gasteiger partial charge in [0.25, 0.3) is 0 Å². The molecule has 2 aromatic carbocycles. The molecule has 0 fully saturated rings. The zero-order chi connectivity index (χ0) is 18.4. The molecular weight excluding hydrogens is 428 g/mol. The van der Waals surface area contributed by atoms with Gasteiger partial charge < -0.3 is 4.57 Å². The second-order valence-corrected chi connectivity index (χ2v) is 9.58. The predicted octanol–water partition coefficient (Wildman–Crippen LogP) is 6.87. The highest BCUT2D eigenvalue weighted by molar-refractivity contribution is 9.10. The van der Waals surface area contributed by atoms with Gasteiger partial charge in [0.1, 0.15) is 0 Å². The number of imidazole rings is 1. The molecule has 0 aliphatic carbocycles. The van der Waals surface area contributed by atoms with Crippen molar-refractivity contribution in [1.82, 2.24) is 9.55 Å². The first-order chi connectivity index (χ1) is 12.5. The minimum absolute atomic E-state index is 0.119. The predicted molar refractivity (Wildman–Crippen MR) is 115 cm³/mol. The lowest BCUT2D eigenvalue weighted by atomic mass is 9.97. The van der Waals surface area contributed by atoms with Crippen LogP contribution in [0, 0.1) is 0 Å². The molecule has 5 heteroatoms. The van der Waals surface area contributed by atoms with Crippen LogP contribution in [0.25, 0.3) is 0 Å². The third kappa shape index (κ3) is 5.63. The number of thioether (sulfide) groups is 1. The van der Waals surface area contributed by atoms with Crippen LogP contribution < -0.4 is 0 Å². The quantitative estimate of drug-likeness (QED) is 0.349. The summed E-state index contributed by atoms with van der Waals surface area (Å²) >= 11 is 11.7. The lowest BCUT2D eigenvalue weighted by Crippen LogP contribution is -2.23. The van der Waals surface area contributed by atoms with Crippen molar-refractivity contribution >= 4 is 39.3 Å². The van der Waals surface area contributed by atoms with Gasteiger partial charge in [-0.1, -0.05) is 42.8 Å². The van der Waals surface area contributed by atoms with E-state index in [1.54, 1.807) is 0 Å². The zero-order valence-corrected chi connectivity index (χ0v) is 17.9. The zero-order valence-electron chi connectivity index (χ0n) is 14.7. The highest BCUT2D eigenvalue weighted by Gasteiger charge is 2.26. The fourth-order valence-electron chi connectivity index (χ4n) is 2.86. The highest BCUT2D eigenvalue weighted by Crippen LogP contribution is 2.42. The van der Waals surface area contributed by atoms with E-state index in [0.717, 1.165) is 35.3 Å². The van der Waals surface area contributed by atoms with E-state index in [4.69, 9.17) is 11.6 Å². The van der Waals surface area contributed by atoms with Crippen LogP contribution in [-0.2, 0) is 13.0 Å². The normalized spacial score (nSPS) is 13.5. The number of nitrogens with zero attached hydrogens (tertiary/aromatic N) is 2. The Morgan fingerprint density at radius 3 is 2.58 bits per heavy atom. The molecule has 3 aromatic rings. The first-order valence-electron chi connectivity index (χ1n) is 8.68. The Hall–Kier alpha value is -1.23. The van der Waals surface area contributed by atoms with Gasteiger partial charge in [0.05, 0.1) is 6.33 Å². The Bertz CT molecular complexity index is 820. The molecule has 136 valence electrons. The molecule has 0 N–H and O–H groups in total. The largest absolute Gasteiger partial charge is 0.337 e. The monoisotopic (exact) mass is 448 g/mol. The molecule has 0 aliphatic rings. The van der Waals surface area contributed by atoms with Crippen molar-refractivity contribution in [3.05, 3.63) is 82.3 Å². The molecule has 3 rings (SSSR count). The summed E-state index contributed by atoms with van der Waals surface area (Å²) in [6, 6.07) is 16.7.